The van der Waals surface area contributed by atoms with Crippen LogP contribution in [0.2, 0.25) is 0 Å². The second kappa shape index (κ2) is 3.40. The van der Waals surface area contributed by atoms with E-state index < -0.39 is 16.5 Å². The van der Waals surface area contributed by atoms with Gasteiger partial charge in [-0.3, -0.25) is 4.79 Å². The molecule has 0 N–H and O–H groups in total. The molecule has 1 heterocycles. The van der Waals surface area contributed by atoms with Crippen molar-refractivity contribution in [1.29, 1.82) is 0 Å². The van der Waals surface area contributed by atoms with Gasteiger partial charge in [0.05, 0.1) is 5.69 Å². The highest BCUT2D eigenvalue weighted by Crippen LogP contribution is 2.35. The molecule has 2 amide bonds. The Bertz CT molecular complexity index is 419. The van der Waals surface area contributed by atoms with Crippen LogP contribution < -0.4 is 4.90 Å². The summed E-state index contributed by atoms with van der Waals surface area (Å²) in [6, 6.07) is 8.27. The number of halogens is 2. The molecule has 0 unspecified atom stereocenters. The molecule has 78 valence electrons. The maximum Gasteiger partial charge on any atom is 0.424 e. The van der Waals surface area contributed by atoms with Crippen LogP contribution in [0.1, 0.15) is 0 Å². The molecule has 15 heavy (non-hydrogen) atoms. The van der Waals surface area contributed by atoms with Crippen LogP contribution in [0.5, 0.6) is 0 Å². The Kier molecular flexibility index (Phi) is 2.32. The van der Waals surface area contributed by atoms with Crippen LogP contribution in [0.3, 0.4) is 0 Å². The third-order valence-corrected chi connectivity index (χ3v) is 2.34. The molecule has 0 atom stereocenters. The second-order valence-electron chi connectivity index (χ2n) is 2.86. The first-order chi connectivity index (χ1) is 7.02. The zero-order valence-electron chi connectivity index (χ0n) is 7.31. The number of nitrogens with zero attached hydrogens (tertiary/aromatic N) is 1. The molecule has 2 rings (SSSR count). The van der Waals surface area contributed by atoms with Gasteiger partial charge in [0.2, 0.25) is 0 Å². The van der Waals surface area contributed by atoms with E-state index in [2.05, 4.69) is 4.74 Å². The summed E-state index contributed by atoms with van der Waals surface area (Å²) in [6.07, 6.45) is -0.879. The lowest BCUT2D eigenvalue weighted by Crippen LogP contribution is -2.33. The van der Waals surface area contributed by atoms with Crippen LogP contribution in [-0.2, 0) is 9.53 Å². The number of hydrogen-bond acceptors (Lipinski definition) is 3. The molecule has 1 saturated heterocycles. The molecule has 1 aliphatic rings. The normalized spacial score (nSPS) is 19.2. The highest BCUT2D eigenvalue weighted by atomic mass is 35.5. The molecular formula is C9H5Cl2NO3. The summed E-state index contributed by atoms with van der Waals surface area (Å²) >= 11 is 11.0. The van der Waals surface area contributed by atoms with E-state index in [0.717, 1.165) is 4.90 Å². The van der Waals surface area contributed by atoms with Crippen molar-refractivity contribution < 1.29 is 14.3 Å². The minimum absolute atomic E-state index is 0.371. The Morgan fingerprint density at radius 2 is 1.73 bits per heavy atom. The number of benzene rings is 1. The average molecular weight is 246 g/mol. The van der Waals surface area contributed by atoms with Crippen molar-refractivity contribution in [3.05, 3.63) is 30.3 Å². The zero-order chi connectivity index (χ0) is 11.1. The van der Waals surface area contributed by atoms with Crippen LogP contribution in [-0.4, -0.2) is 16.5 Å². The van der Waals surface area contributed by atoms with Gasteiger partial charge in [-0.1, -0.05) is 18.2 Å². The molecule has 1 aromatic carbocycles. The van der Waals surface area contributed by atoms with Gasteiger partial charge in [-0.2, -0.15) is 0 Å². The van der Waals surface area contributed by atoms with Gasteiger partial charge in [0.25, 0.3) is 0 Å². The maximum absolute atomic E-state index is 11.6. The standard InChI is InChI=1S/C9H5Cl2NO3/c10-9(11)7(13)12(8(14)15-9)6-4-2-1-3-5-6/h1-5H. The Hall–Kier alpha value is -1.26. The van der Waals surface area contributed by atoms with Crippen molar-refractivity contribution in [3.63, 3.8) is 0 Å². The fourth-order valence-electron chi connectivity index (χ4n) is 1.21. The third kappa shape index (κ3) is 1.66. The Morgan fingerprint density at radius 3 is 2.20 bits per heavy atom. The van der Waals surface area contributed by atoms with E-state index in [1.54, 1.807) is 30.3 Å². The number of para-hydroxylation sites is 1. The van der Waals surface area contributed by atoms with Crippen molar-refractivity contribution in [2.24, 2.45) is 0 Å². The Labute approximate surface area is 95.3 Å². The number of anilines is 1. The number of alkyl halides is 2. The van der Waals surface area contributed by atoms with E-state index in [0.29, 0.717) is 5.69 Å². The molecule has 0 aliphatic carbocycles. The van der Waals surface area contributed by atoms with E-state index in [4.69, 9.17) is 23.2 Å². The zero-order valence-corrected chi connectivity index (χ0v) is 8.83. The van der Waals surface area contributed by atoms with Crippen LogP contribution in [0, 0.1) is 0 Å². The van der Waals surface area contributed by atoms with E-state index in [9.17, 15) is 9.59 Å². The summed E-state index contributed by atoms with van der Waals surface area (Å²) in [6.45, 7) is 0. The molecule has 0 radical (unpaired) electrons. The van der Waals surface area contributed by atoms with Gasteiger partial charge in [0.15, 0.2) is 0 Å². The minimum atomic E-state index is -2.12. The highest BCUT2D eigenvalue weighted by Gasteiger charge is 2.52. The summed E-state index contributed by atoms with van der Waals surface area (Å²) in [5.74, 6) is -0.804. The molecule has 6 heteroatoms. The molecule has 1 fully saturated rings. The number of ether oxygens (including phenoxy) is 1. The van der Waals surface area contributed by atoms with Gasteiger partial charge in [-0.25, -0.2) is 9.69 Å². The monoisotopic (exact) mass is 245 g/mol. The largest absolute Gasteiger partial charge is 0.424 e. The van der Waals surface area contributed by atoms with Crippen molar-refractivity contribution in [3.8, 4) is 0 Å². The number of hydrogen-bond donors (Lipinski definition) is 0. The van der Waals surface area contributed by atoms with Crippen molar-refractivity contribution in [2.75, 3.05) is 4.90 Å². The summed E-state index contributed by atoms with van der Waals surface area (Å²) in [5.41, 5.74) is 0.371. The quantitative estimate of drug-likeness (QED) is 0.714. The van der Waals surface area contributed by atoms with Gasteiger partial charge in [0, 0.05) is 0 Å². The number of imide groups is 1. The number of carbonyl (C=O) groups excluding carboxylic acids is 2. The van der Waals surface area contributed by atoms with E-state index >= 15 is 0 Å². The Morgan fingerprint density at radius 1 is 1.13 bits per heavy atom. The van der Waals surface area contributed by atoms with Crippen molar-refractivity contribution in [2.45, 2.75) is 4.52 Å². The Balaban J connectivity index is 2.40. The number of cyclic esters (lactones) is 1. The van der Waals surface area contributed by atoms with Gasteiger partial charge in [-0.15, -0.1) is 0 Å². The lowest BCUT2D eigenvalue weighted by atomic mass is 10.3. The summed E-state index contributed by atoms with van der Waals surface area (Å²) in [5, 5.41) is 0. The minimum Gasteiger partial charge on any atom is -0.402 e. The fraction of sp³-hybridized carbons (Fsp3) is 0.111. The van der Waals surface area contributed by atoms with Gasteiger partial charge in [0.1, 0.15) is 0 Å². The molecule has 0 bridgehead atoms. The summed E-state index contributed by atoms with van der Waals surface area (Å²) in [7, 11) is 0. The molecule has 1 aromatic rings. The van der Waals surface area contributed by atoms with Crippen LogP contribution in [0.25, 0.3) is 0 Å². The SMILES string of the molecule is O=C1OC(Cl)(Cl)C(=O)N1c1ccccc1. The van der Waals surface area contributed by atoms with Gasteiger partial charge >= 0.3 is 16.5 Å². The maximum atomic E-state index is 11.6. The molecule has 4 nitrogen and oxygen atoms in total. The lowest BCUT2D eigenvalue weighted by molar-refractivity contribution is -0.120. The van der Waals surface area contributed by atoms with E-state index in [-0.39, 0.29) is 0 Å². The molecule has 1 aliphatic heterocycles. The molecule has 0 aromatic heterocycles. The number of amides is 2. The third-order valence-electron chi connectivity index (χ3n) is 1.86. The van der Waals surface area contributed by atoms with Gasteiger partial charge in [-0.05, 0) is 35.3 Å². The molecular weight excluding hydrogens is 241 g/mol. The first-order valence-electron chi connectivity index (χ1n) is 4.03. The predicted octanol–water partition coefficient (Wildman–Crippen LogP) is 2.30. The van der Waals surface area contributed by atoms with Crippen LogP contribution in [0.15, 0.2) is 30.3 Å². The number of rotatable bonds is 1. The first kappa shape index (κ1) is 10.3. The van der Waals surface area contributed by atoms with E-state index in [1.165, 1.54) is 0 Å². The lowest BCUT2D eigenvalue weighted by Gasteiger charge is -2.10. The van der Waals surface area contributed by atoms with Crippen molar-refractivity contribution in [1.82, 2.24) is 0 Å². The average Bonchev–Trinajstić information content (AvgIpc) is 2.38. The molecule has 0 saturated carbocycles. The van der Waals surface area contributed by atoms with E-state index in [1.807, 2.05) is 0 Å². The fourth-order valence-corrected chi connectivity index (χ4v) is 1.51. The van der Waals surface area contributed by atoms with Crippen molar-refractivity contribution >= 4 is 40.9 Å². The predicted molar refractivity (Wildman–Crippen MR) is 54.8 cm³/mol. The van der Waals surface area contributed by atoms with Crippen LogP contribution in [0.4, 0.5) is 10.5 Å². The smallest absolute Gasteiger partial charge is 0.402 e. The number of carbonyl (C=O) groups is 2. The van der Waals surface area contributed by atoms with Gasteiger partial charge < -0.3 is 4.74 Å². The molecule has 0 spiro atoms. The van der Waals surface area contributed by atoms with Crippen LogP contribution >= 0.6 is 23.2 Å². The summed E-state index contributed by atoms with van der Waals surface area (Å²) < 4.78 is 2.38. The first-order valence-corrected chi connectivity index (χ1v) is 4.78. The second-order valence-corrected chi connectivity index (χ2v) is 4.12. The highest BCUT2D eigenvalue weighted by molar-refractivity contribution is 6.61. The topological polar surface area (TPSA) is 46.6 Å². The summed E-state index contributed by atoms with van der Waals surface area (Å²) in [4.78, 5) is 23.7.